The number of nitrogens with zero attached hydrogens (tertiary/aromatic N) is 1. The summed E-state index contributed by atoms with van der Waals surface area (Å²) in [5.41, 5.74) is 2.39. The Morgan fingerprint density at radius 1 is 1.32 bits per heavy atom. The number of nitrogens with one attached hydrogen (secondary N) is 1. The predicted octanol–water partition coefficient (Wildman–Crippen LogP) is 3.35. The van der Waals surface area contributed by atoms with Crippen molar-refractivity contribution in [2.24, 2.45) is 0 Å². The van der Waals surface area contributed by atoms with Crippen LogP contribution < -0.4 is 10.2 Å². The fourth-order valence-corrected chi connectivity index (χ4v) is 2.78. The van der Waals surface area contributed by atoms with Crippen molar-refractivity contribution in [2.45, 2.75) is 52.1 Å². The lowest BCUT2D eigenvalue weighted by Gasteiger charge is -2.27. The lowest BCUT2D eigenvalue weighted by atomic mass is 10.1. The highest BCUT2D eigenvalue weighted by Crippen LogP contribution is 2.31. The first kappa shape index (κ1) is 14.3. The molecule has 0 amide bonds. The highest BCUT2D eigenvalue weighted by atomic mass is 19.1. The molecule has 0 aliphatic carbocycles. The van der Waals surface area contributed by atoms with Crippen LogP contribution in [-0.4, -0.2) is 25.2 Å². The molecule has 0 saturated carbocycles. The van der Waals surface area contributed by atoms with E-state index in [-0.39, 0.29) is 5.82 Å². The molecule has 1 aliphatic heterocycles. The molecular weight excluding hydrogens is 239 g/mol. The van der Waals surface area contributed by atoms with Gasteiger partial charge in [-0.1, -0.05) is 19.9 Å². The second-order valence-corrected chi connectivity index (χ2v) is 5.82. The van der Waals surface area contributed by atoms with E-state index in [1.54, 1.807) is 12.1 Å². The molecule has 0 saturated heterocycles. The second-order valence-electron chi connectivity index (χ2n) is 5.82. The Morgan fingerprint density at radius 2 is 2.11 bits per heavy atom. The van der Waals surface area contributed by atoms with Gasteiger partial charge in [0.2, 0.25) is 0 Å². The zero-order valence-electron chi connectivity index (χ0n) is 12.2. The fraction of sp³-hybridized carbons (Fsp3) is 0.625. The van der Waals surface area contributed by atoms with Gasteiger partial charge in [0, 0.05) is 24.3 Å². The molecule has 1 N–H and O–H groups in total. The number of hydrogen-bond acceptors (Lipinski definition) is 2. The first-order valence-corrected chi connectivity index (χ1v) is 7.36. The van der Waals surface area contributed by atoms with Crippen molar-refractivity contribution in [3.8, 4) is 0 Å². The van der Waals surface area contributed by atoms with Crippen molar-refractivity contribution in [1.29, 1.82) is 0 Å². The molecule has 0 spiro atoms. The Hall–Kier alpha value is -1.09. The lowest BCUT2D eigenvalue weighted by Crippen LogP contribution is -2.32. The van der Waals surface area contributed by atoms with E-state index in [1.165, 1.54) is 12.0 Å². The molecule has 106 valence electrons. The van der Waals surface area contributed by atoms with Crippen molar-refractivity contribution in [2.75, 3.05) is 18.0 Å². The maximum Gasteiger partial charge on any atom is 0.125 e. The standard InChI is InChI=1S/C16H25FN2/c1-12(2)18-9-4-5-13(3)19-10-8-14-6-7-15(17)11-16(14)19/h6-7,11-13,18H,4-5,8-10H2,1-3H3. The molecule has 19 heavy (non-hydrogen) atoms. The summed E-state index contributed by atoms with van der Waals surface area (Å²) >= 11 is 0. The highest BCUT2D eigenvalue weighted by molar-refractivity contribution is 5.58. The van der Waals surface area contributed by atoms with Gasteiger partial charge < -0.3 is 10.2 Å². The Kier molecular flexibility index (Phi) is 4.81. The molecule has 0 aromatic heterocycles. The smallest absolute Gasteiger partial charge is 0.125 e. The summed E-state index contributed by atoms with van der Waals surface area (Å²) in [4.78, 5) is 2.35. The monoisotopic (exact) mass is 264 g/mol. The third kappa shape index (κ3) is 3.69. The number of hydrogen-bond donors (Lipinski definition) is 1. The van der Waals surface area contributed by atoms with Crippen molar-refractivity contribution in [1.82, 2.24) is 5.32 Å². The van der Waals surface area contributed by atoms with E-state index >= 15 is 0 Å². The van der Waals surface area contributed by atoms with Gasteiger partial charge in [0.15, 0.2) is 0 Å². The Morgan fingerprint density at radius 3 is 2.84 bits per heavy atom. The van der Waals surface area contributed by atoms with Crippen LogP contribution in [0.4, 0.5) is 10.1 Å². The third-order valence-electron chi connectivity index (χ3n) is 3.86. The summed E-state index contributed by atoms with van der Waals surface area (Å²) in [7, 11) is 0. The first-order chi connectivity index (χ1) is 9.08. The molecule has 0 radical (unpaired) electrons. The van der Waals surface area contributed by atoms with Crippen LogP contribution >= 0.6 is 0 Å². The van der Waals surface area contributed by atoms with Crippen LogP contribution in [0.1, 0.15) is 39.2 Å². The molecule has 1 aromatic carbocycles. The molecular formula is C16H25FN2. The van der Waals surface area contributed by atoms with Crippen LogP contribution in [-0.2, 0) is 6.42 Å². The minimum atomic E-state index is -0.126. The van der Waals surface area contributed by atoms with Gasteiger partial charge in [-0.15, -0.1) is 0 Å². The highest BCUT2D eigenvalue weighted by Gasteiger charge is 2.23. The molecule has 0 fully saturated rings. The quantitative estimate of drug-likeness (QED) is 0.793. The zero-order chi connectivity index (χ0) is 13.8. The minimum Gasteiger partial charge on any atom is -0.368 e. The summed E-state index contributed by atoms with van der Waals surface area (Å²) in [5.74, 6) is -0.126. The normalized spacial score (nSPS) is 15.9. The van der Waals surface area contributed by atoms with Gasteiger partial charge in [-0.2, -0.15) is 0 Å². The second kappa shape index (κ2) is 6.38. The third-order valence-corrected chi connectivity index (χ3v) is 3.86. The first-order valence-electron chi connectivity index (χ1n) is 7.36. The molecule has 2 nitrogen and oxygen atoms in total. The van der Waals surface area contributed by atoms with E-state index in [4.69, 9.17) is 0 Å². The SMILES string of the molecule is CC(C)NCCCC(C)N1CCc2ccc(F)cc21. The zero-order valence-corrected chi connectivity index (χ0v) is 12.2. The van der Waals surface area contributed by atoms with Crippen LogP contribution in [0.5, 0.6) is 0 Å². The van der Waals surface area contributed by atoms with Crippen LogP contribution in [0.15, 0.2) is 18.2 Å². The van der Waals surface area contributed by atoms with E-state index in [9.17, 15) is 4.39 Å². The largest absolute Gasteiger partial charge is 0.368 e. The van der Waals surface area contributed by atoms with Gasteiger partial charge >= 0.3 is 0 Å². The molecule has 0 bridgehead atoms. The summed E-state index contributed by atoms with van der Waals surface area (Å²) in [6.07, 6.45) is 3.36. The van der Waals surface area contributed by atoms with Gasteiger partial charge in [-0.05, 0) is 50.4 Å². The van der Waals surface area contributed by atoms with E-state index in [2.05, 4.69) is 31.0 Å². The van der Waals surface area contributed by atoms with E-state index in [0.717, 1.165) is 31.6 Å². The summed E-state index contributed by atoms with van der Waals surface area (Å²) in [5, 5.41) is 3.44. The van der Waals surface area contributed by atoms with Gasteiger partial charge in [-0.25, -0.2) is 4.39 Å². The van der Waals surface area contributed by atoms with Crippen LogP contribution in [0, 0.1) is 5.82 Å². The number of rotatable bonds is 6. The van der Waals surface area contributed by atoms with Gasteiger partial charge in [0.1, 0.15) is 5.82 Å². The lowest BCUT2D eigenvalue weighted by molar-refractivity contribution is 0.518. The number of fused-ring (bicyclic) bond motifs is 1. The van der Waals surface area contributed by atoms with Crippen molar-refractivity contribution < 1.29 is 4.39 Å². The fourth-order valence-electron chi connectivity index (χ4n) is 2.78. The van der Waals surface area contributed by atoms with Crippen LogP contribution in [0.25, 0.3) is 0 Å². The summed E-state index contributed by atoms with van der Waals surface area (Å²) in [6, 6.07) is 6.22. The maximum atomic E-state index is 13.4. The van der Waals surface area contributed by atoms with Gasteiger partial charge in [-0.3, -0.25) is 0 Å². The molecule has 1 aromatic rings. The average molecular weight is 264 g/mol. The summed E-state index contributed by atoms with van der Waals surface area (Å²) in [6.45, 7) is 8.67. The van der Waals surface area contributed by atoms with E-state index in [1.807, 2.05) is 6.07 Å². The Labute approximate surface area is 116 Å². The number of anilines is 1. The van der Waals surface area contributed by atoms with E-state index < -0.39 is 0 Å². The topological polar surface area (TPSA) is 15.3 Å². The molecule has 1 aliphatic rings. The van der Waals surface area contributed by atoms with Crippen molar-refractivity contribution in [3.05, 3.63) is 29.6 Å². The van der Waals surface area contributed by atoms with Crippen molar-refractivity contribution >= 4 is 5.69 Å². The molecule has 1 heterocycles. The number of benzene rings is 1. The van der Waals surface area contributed by atoms with E-state index in [0.29, 0.717) is 12.1 Å². The maximum absolute atomic E-state index is 13.4. The number of halogens is 1. The van der Waals surface area contributed by atoms with Gasteiger partial charge in [0.05, 0.1) is 0 Å². The molecule has 1 unspecified atom stereocenters. The van der Waals surface area contributed by atoms with Crippen LogP contribution in [0.2, 0.25) is 0 Å². The molecule has 2 rings (SSSR count). The molecule has 1 atom stereocenters. The minimum absolute atomic E-state index is 0.126. The Balaban J connectivity index is 1.88. The summed E-state index contributed by atoms with van der Waals surface area (Å²) < 4.78 is 13.4. The average Bonchev–Trinajstić information content (AvgIpc) is 2.77. The van der Waals surface area contributed by atoms with Gasteiger partial charge in [0.25, 0.3) is 0 Å². The van der Waals surface area contributed by atoms with Crippen LogP contribution in [0.3, 0.4) is 0 Å². The predicted molar refractivity (Wildman–Crippen MR) is 79.3 cm³/mol. The van der Waals surface area contributed by atoms with Crippen molar-refractivity contribution in [3.63, 3.8) is 0 Å². The molecule has 3 heteroatoms. The Bertz CT molecular complexity index is 417.